The van der Waals surface area contributed by atoms with E-state index in [1.54, 1.807) is 0 Å². The van der Waals surface area contributed by atoms with Crippen molar-refractivity contribution in [1.29, 1.82) is 5.26 Å². The van der Waals surface area contributed by atoms with E-state index >= 15 is 0 Å². The van der Waals surface area contributed by atoms with Gasteiger partial charge in [0.05, 0.1) is 10.5 Å². The van der Waals surface area contributed by atoms with Gasteiger partial charge in [0.25, 0.3) is 5.91 Å². The lowest BCUT2D eigenvalue weighted by molar-refractivity contribution is 0.0731. The third kappa shape index (κ3) is 3.27. The van der Waals surface area contributed by atoms with Gasteiger partial charge in [0.1, 0.15) is 12.4 Å². The molecule has 0 aliphatic carbocycles. The summed E-state index contributed by atoms with van der Waals surface area (Å²) in [6, 6.07) is 6.00. The molecule has 3 nitrogen and oxygen atoms in total. The highest BCUT2D eigenvalue weighted by Gasteiger charge is 2.19. The molecule has 0 radical (unpaired) electrons. The summed E-state index contributed by atoms with van der Waals surface area (Å²) in [4.78, 5) is 13.4. The van der Waals surface area contributed by atoms with E-state index in [2.05, 4.69) is 15.9 Å². The summed E-state index contributed by atoms with van der Waals surface area (Å²) in [7, 11) is 0. The van der Waals surface area contributed by atoms with Crippen molar-refractivity contribution < 1.29 is 9.18 Å². The average Bonchev–Trinajstić information content (AvgIpc) is 2.28. The van der Waals surface area contributed by atoms with Gasteiger partial charge < -0.3 is 4.90 Å². The molecule has 0 unspecified atom stereocenters. The van der Waals surface area contributed by atoms with Crippen LogP contribution in [0.25, 0.3) is 0 Å². The first-order valence-electron chi connectivity index (χ1n) is 5.10. The second-order valence-electron chi connectivity index (χ2n) is 3.81. The smallest absolute Gasteiger partial charge is 0.255 e. The number of hydrogen-bond donors (Lipinski definition) is 0. The molecule has 0 saturated carbocycles. The molecule has 1 rings (SSSR count). The van der Waals surface area contributed by atoms with E-state index in [-0.39, 0.29) is 24.1 Å². The Morgan fingerprint density at radius 1 is 1.59 bits per heavy atom. The van der Waals surface area contributed by atoms with Gasteiger partial charge in [-0.25, -0.2) is 4.39 Å². The molecule has 0 bridgehead atoms. The highest BCUT2D eigenvalue weighted by molar-refractivity contribution is 9.10. The molecule has 17 heavy (non-hydrogen) atoms. The van der Waals surface area contributed by atoms with E-state index in [0.29, 0.717) is 4.47 Å². The van der Waals surface area contributed by atoms with Crippen molar-refractivity contribution in [3.63, 3.8) is 0 Å². The standard InChI is InChI=1S/C12H12BrFN2O/c1-8(2)16(6-5-15)12(17)9-3-4-10(13)11(14)7-9/h3-4,7-8H,6H2,1-2H3. The number of carbonyl (C=O) groups is 1. The van der Waals surface area contributed by atoms with Crippen LogP contribution in [-0.2, 0) is 0 Å². The van der Waals surface area contributed by atoms with Crippen LogP contribution in [0.1, 0.15) is 24.2 Å². The number of hydrogen-bond acceptors (Lipinski definition) is 2. The summed E-state index contributed by atoms with van der Waals surface area (Å²) in [6.45, 7) is 3.61. The van der Waals surface area contributed by atoms with Crippen LogP contribution >= 0.6 is 15.9 Å². The highest BCUT2D eigenvalue weighted by Crippen LogP contribution is 2.18. The van der Waals surface area contributed by atoms with Crippen LogP contribution in [-0.4, -0.2) is 23.4 Å². The number of amides is 1. The fourth-order valence-electron chi connectivity index (χ4n) is 1.36. The fraction of sp³-hybridized carbons (Fsp3) is 0.333. The minimum absolute atomic E-state index is 0.00577. The maximum Gasteiger partial charge on any atom is 0.255 e. The molecule has 0 saturated heterocycles. The van der Waals surface area contributed by atoms with Crippen LogP contribution in [0.4, 0.5) is 4.39 Å². The lowest BCUT2D eigenvalue weighted by Crippen LogP contribution is -2.37. The van der Waals surface area contributed by atoms with Gasteiger partial charge in [-0.3, -0.25) is 4.79 Å². The summed E-state index contributed by atoms with van der Waals surface area (Å²) in [5.74, 6) is -0.829. The molecular weight excluding hydrogens is 287 g/mol. The zero-order chi connectivity index (χ0) is 13.0. The Morgan fingerprint density at radius 3 is 2.71 bits per heavy atom. The molecule has 0 aliphatic heterocycles. The largest absolute Gasteiger partial charge is 0.323 e. The van der Waals surface area contributed by atoms with Gasteiger partial charge in [-0.1, -0.05) is 0 Å². The van der Waals surface area contributed by atoms with Gasteiger partial charge in [0.15, 0.2) is 0 Å². The van der Waals surface area contributed by atoms with Gasteiger partial charge in [0.2, 0.25) is 0 Å². The average molecular weight is 299 g/mol. The van der Waals surface area contributed by atoms with Crippen molar-refractivity contribution in [1.82, 2.24) is 4.90 Å². The molecule has 1 amide bonds. The van der Waals surface area contributed by atoms with E-state index in [4.69, 9.17) is 5.26 Å². The maximum atomic E-state index is 13.3. The lowest BCUT2D eigenvalue weighted by atomic mass is 10.1. The summed E-state index contributed by atoms with van der Waals surface area (Å²) < 4.78 is 13.6. The summed E-state index contributed by atoms with van der Waals surface area (Å²) in [5.41, 5.74) is 0.245. The monoisotopic (exact) mass is 298 g/mol. The Bertz CT molecular complexity index is 468. The van der Waals surface area contributed by atoms with Crippen molar-refractivity contribution >= 4 is 21.8 Å². The van der Waals surface area contributed by atoms with Crippen LogP contribution in [0.2, 0.25) is 0 Å². The second kappa shape index (κ2) is 5.78. The van der Waals surface area contributed by atoms with Gasteiger partial charge in [-0.15, -0.1) is 0 Å². The summed E-state index contributed by atoms with van der Waals surface area (Å²) in [6.07, 6.45) is 0. The van der Waals surface area contributed by atoms with Crippen LogP contribution in [0.15, 0.2) is 22.7 Å². The van der Waals surface area contributed by atoms with E-state index < -0.39 is 5.82 Å². The van der Waals surface area contributed by atoms with Crippen LogP contribution < -0.4 is 0 Å². The molecule has 0 spiro atoms. The number of halogens is 2. The van der Waals surface area contributed by atoms with E-state index in [1.165, 1.54) is 23.1 Å². The molecule has 1 aromatic carbocycles. The molecule has 5 heteroatoms. The van der Waals surface area contributed by atoms with Gasteiger partial charge in [0, 0.05) is 11.6 Å². The molecule has 0 atom stereocenters. The molecular formula is C12H12BrFN2O. The Balaban J connectivity index is 3.02. The van der Waals surface area contributed by atoms with Crippen molar-refractivity contribution in [2.45, 2.75) is 19.9 Å². The third-order valence-corrected chi connectivity index (χ3v) is 2.93. The van der Waals surface area contributed by atoms with Crippen LogP contribution in [0.3, 0.4) is 0 Å². The predicted molar refractivity (Wildman–Crippen MR) is 65.9 cm³/mol. The molecule has 0 fully saturated rings. The molecule has 1 aromatic rings. The first kappa shape index (κ1) is 13.7. The topological polar surface area (TPSA) is 44.1 Å². The Hall–Kier alpha value is -1.41. The molecule has 90 valence electrons. The molecule has 0 aromatic heterocycles. The van der Waals surface area contributed by atoms with Crippen molar-refractivity contribution in [2.24, 2.45) is 0 Å². The first-order chi connectivity index (χ1) is 7.97. The van der Waals surface area contributed by atoms with Crippen molar-refractivity contribution in [3.05, 3.63) is 34.1 Å². The molecule has 0 N–H and O–H groups in total. The van der Waals surface area contributed by atoms with E-state index in [9.17, 15) is 9.18 Å². The maximum absolute atomic E-state index is 13.3. The third-order valence-electron chi connectivity index (χ3n) is 2.29. The molecule has 0 aliphatic rings. The number of rotatable bonds is 3. The number of carbonyl (C=O) groups excluding carboxylic acids is 1. The van der Waals surface area contributed by atoms with Gasteiger partial charge in [-0.2, -0.15) is 5.26 Å². The Morgan fingerprint density at radius 2 is 2.24 bits per heavy atom. The van der Waals surface area contributed by atoms with Crippen molar-refractivity contribution in [2.75, 3.05) is 6.54 Å². The first-order valence-corrected chi connectivity index (χ1v) is 5.89. The quantitative estimate of drug-likeness (QED) is 0.805. The van der Waals surface area contributed by atoms with Crippen molar-refractivity contribution in [3.8, 4) is 6.07 Å². The minimum atomic E-state index is -0.489. The number of benzene rings is 1. The zero-order valence-electron chi connectivity index (χ0n) is 9.58. The summed E-state index contributed by atoms with van der Waals surface area (Å²) >= 11 is 3.02. The second-order valence-corrected chi connectivity index (χ2v) is 4.67. The van der Waals surface area contributed by atoms with E-state index in [1.807, 2.05) is 19.9 Å². The van der Waals surface area contributed by atoms with Gasteiger partial charge >= 0.3 is 0 Å². The highest BCUT2D eigenvalue weighted by atomic mass is 79.9. The predicted octanol–water partition coefficient (Wildman–Crippen LogP) is 2.96. The molecule has 0 heterocycles. The summed E-state index contributed by atoms with van der Waals surface area (Å²) in [5, 5.41) is 8.65. The Labute approximate surface area is 108 Å². The van der Waals surface area contributed by atoms with E-state index in [0.717, 1.165) is 0 Å². The Kier molecular flexibility index (Phi) is 4.64. The SMILES string of the molecule is CC(C)N(CC#N)C(=O)c1ccc(Br)c(F)c1. The number of nitrogens with zero attached hydrogens (tertiary/aromatic N) is 2. The van der Waals surface area contributed by atoms with Gasteiger partial charge in [-0.05, 0) is 48.0 Å². The van der Waals surface area contributed by atoms with Crippen LogP contribution in [0, 0.1) is 17.1 Å². The lowest BCUT2D eigenvalue weighted by Gasteiger charge is -2.23. The fourth-order valence-corrected chi connectivity index (χ4v) is 1.61. The number of nitriles is 1. The zero-order valence-corrected chi connectivity index (χ0v) is 11.2. The minimum Gasteiger partial charge on any atom is -0.323 e. The normalized spacial score (nSPS) is 10.1. The van der Waals surface area contributed by atoms with Crippen LogP contribution in [0.5, 0.6) is 0 Å².